The van der Waals surface area contributed by atoms with Crippen molar-refractivity contribution >= 4 is 47.3 Å². The molecule has 0 aliphatic carbocycles. The predicted molar refractivity (Wildman–Crippen MR) is 130 cm³/mol. The summed E-state index contributed by atoms with van der Waals surface area (Å²) in [7, 11) is 0. The minimum atomic E-state index is -1.46. The van der Waals surface area contributed by atoms with Crippen molar-refractivity contribution in [2.45, 2.75) is 37.9 Å². The number of aliphatic hydroxyl groups is 1. The topological polar surface area (TPSA) is 278 Å². The van der Waals surface area contributed by atoms with Crippen LogP contribution in [0.4, 0.5) is 0 Å². The zero-order valence-corrected chi connectivity index (χ0v) is 21.3. The molecule has 0 saturated carbocycles. The van der Waals surface area contributed by atoms with Gasteiger partial charge in [-0.2, -0.15) is 0 Å². The van der Waals surface area contributed by atoms with Gasteiger partial charge in [0.1, 0.15) is 18.1 Å². The van der Waals surface area contributed by atoms with E-state index < -0.39 is 98.2 Å². The summed E-state index contributed by atoms with van der Waals surface area (Å²) < 4.78 is 0. The number of amides is 7. The SMILES string of the molecule is CC(NC(=O)CNC(=O)C(CO)NC(=O)CNC(=O)CNC(=O)CNC(=O)CN)C(=O)N1CCCC1C(=O)O. The van der Waals surface area contributed by atoms with Gasteiger partial charge in [0.15, 0.2) is 0 Å². The second-order valence-corrected chi connectivity index (χ2v) is 8.37. The summed E-state index contributed by atoms with van der Waals surface area (Å²) in [6.07, 6.45) is 0.827. The molecule has 39 heavy (non-hydrogen) atoms. The average molecular weight is 559 g/mol. The highest BCUT2D eigenvalue weighted by molar-refractivity contribution is 5.94. The lowest BCUT2D eigenvalue weighted by atomic mass is 10.2. The molecule has 218 valence electrons. The lowest BCUT2D eigenvalue weighted by Crippen LogP contribution is -2.54. The molecule has 1 aliphatic heterocycles. The zero-order valence-electron chi connectivity index (χ0n) is 21.3. The van der Waals surface area contributed by atoms with Gasteiger partial charge in [-0.1, -0.05) is 0 Å². The van der Waals surface area contributed by atoms with Crippen molar-refractivity contribution in [3.63, 3.8) is 0 Å². The highest BCUT2D eigenvalue weighted by atomic mass is 16.4. The Kier molecular flexibility index (Phi) is 13.8. The highest BCUT2D eigenvalue weighted by Crippen LogP contribution is 2.18. The molecule has 0 aromatic rings. The van der Waals surface area contributed by atoms with E-state index >= 15 is 0 Å². The Balaban J connectivity index is 2.37. The molecule has 7 amide bonds. The summed E-state index contributed by atoms with van der Waals surface area (Å²) in [5.41, 5.74) is 5.07. The van der Waals surface area contributed by atoms with Gasteiger partial charge in [-0.15, -0.1) is 0 Å². The second-order valence-electron chi connectivity index (χ2n) is 8.37. The second kappa shape index (κ2) is 16.5. The van der Waals surface area contributed by atoms with E-state index in [2.05, 4.69) is 31.9 Å². The molecule has 10 N–H and O–H groups in total. The molecule has 18 heteroatoms. The van der Waals surface area contributed by atoms with Gasteiger partial charge in [-0.05, 0) is 19.8 Å². The van der Waals surface area contributed by atoms with Crippen molar-refractivity contribution in [1.29, 1.82) is 0 Å². The minimum absolute atomic E-state index is 0.245. The molecule has 0 aromatic heterocycles. The number of carbonyl (C=O) groups excluding carboxylic acids is 7. The number of rotatable bonds is 15. The number of nitrogens with one attached hydrogen (secondary N) is 6. The number of likely N-dealkylation sites (tertiary alicyclic amines) is 1. The van der Waals surface area contributed by atoms with E-state index in [0.717, 1.165) is 0 Å². The fourth-order valence-electron chi connectivity index (χ4n) is 3.35. The zero-order chi connectivity index (χ0) is 29.5. The molecule has 3 atom stereocenters. The molecule has 1 heterocycles. The van der Waals surface area contributed by atoms with Crippen LogP contribution in [0.1, 0.15) is 19.8 Å². The van der Waals surface area contributed by atoms with Crippen molar-refractivity contribution in [2.24, 2.45) is 5.73 Å². The van der Waals surface area contributed by atoms with E-state index in [4.69, 9.17) is 5.73 Å². The number of aliphatic carboxylic acids is 1. The molecule has 1 saturated heterocycles. The van der Waals surface area contributed by atoms with Gasteiger partial charge < -0.3 is 52.7 Å². The number of carboxylic acid groups (broad SMARTS) is 1. The first-order chi connectivity index (χ1) is 18.4. The van der Waals surface area contributed by atoms with Crippen molar-refractivity contribution in [3.8, 4) is 0 Å². The van der Waals surface area contributed by atoms with Crippen LogP contribution < -0.4 is 37.6 Å². The van der Waals surface area contributed by atoms with E-state index in [-0.39, 0.29) is 13.1 Å². The van der Waals surface area contributed by atoms with Crippen LogP contribution in [0, 0.1) is 0 Å². The van der Waals surface area contributed by atoms with Crippen LogP contribution in [0.5, 0.6) is 0 Å². The van der Waals surface area contributed by atoms with Gasteiger partial charge in [0.05, 0.1) is 39.3 Å². The number of nitrogens with two attached hydrogens (primary N) is 1. The van der Waals surface area contributed by atoms with Crippen molar-refractivity contribution in [3.05, 3.63) is 0 Å². The predicted octanol–water partition coefficient (Wildman–Crippen LogP) is -6.53. The van der Waals surface area contributed by atoms with Gasteiger partial charge in [0.2, 0.25) is 41.4 Å². The Bertz CT molecular complexity index is 959. The van der Waals surface area contributed by atoms with Crippen LogP contribution in [0.25, 0.3) is 0 Å². The third-order valence-electron chi connectivity index (χ3n) is 5.35. The summed E-state index contributed by atoms with van der Waals surface area (Å²) in [5.74, 6) is -6.26. The molecule has 0 spiro atoms. The van der Waals surface area contributed by atoms with Crippen molar-refractivity contribution in [2.75, 3.05) is 45.9 Å². The number of hydrogen-bond acceptors (Lipinski definition) is 10. The maximum atomic E-state index is 12.5. The van der Waals surface area contributed by atoms with E-state index in [1.807, 2.05) is 0 Å². The van der Waals surface area contributed by atoms with Gasteiger partial charge in [-0.25, -0.2) is 4.79 Å². The first-order valence-electron chi connectivity index (χ1n) is 11.9. The summed E-state index contributed by atoms with van der Waals surface area (Å²) in [6.45, 7) is -1.63. The lowest BCUT2D eigenvalue weighted by molar-refractivity contribution is -0.149. The molecule has 1 fully saturated rings. The van der Waals surface area contributed by atoms with Crippen LogP contribution in [0.2, 0.25) is 0 Å². The molecular formula is C21H34N8O10. The Hall–Kier alpha value is -4.32. The molecule has 1 rings (SSSR count). The summed E-state index contributed by atoms with van der Waals surface area (Å²) >= 11 is 0. The Morgan fingerprint density at radius 1 is 0.821 bits per heavy atom. The summed E-state index contributed by atoms with van der Waals surface area (Å²) in [6, 6.07) is -3.49. The quantitative estimate of drug-likeness (QED) is 0.0911. The van der Waals surface area contributed by atoms with Crippen molar-refractivity contribution < 1.29 is 48.6 Å². The monoisotopic (exact) mass is 558 g/mol. The number of nitrogens with zero attached hydrogens (tertiary/aromatic N) is 1. The van der Waals surface area contributed by atoms with Crippen LogP contribution in [-0.4, -0.2) is 126 Å². The Labute approximate surface area is 222 Å². The summed E-state index contributed by atoms with van der Waals surface area (Å²) in [4.78, 5) is 95.5. The molecule has 3 unspecified atom stereocenters. The van der Waals surface area contributed by atoms with Crippen LogP contribution in [-0.2, 0) is 38.4 Å². The molecule has 1 aliphatic rings. The van der Waals surface area contributed by atoms with Gasteiger partial charge >= 0.3 is 5.97 Å². The van der Waals surface area contributed by atoms with Gasteiger partial charge in [-0.3, -0.25) is 33.6 Å². The van der Waals surface area contributed by atoms with E-state index in [1.54, 1.807) is 0 Å². The fraction of sp³-hybridized carbons (Fsp3) is 0.619. The van der Waals surface area contributed by atoms with Crippen molar-refractivity contribution in [1.82, 2.24) is 36.8 Å². The molecule has 0 radical (unpaired) electrons. The van der Waals surface area contributed by atoms with E-state index in [9.17, 15) is 48.6 Å². The van der Waals surface area contributed by atoms with Crippen LogP contribution in [0.15, 0.2) is 0 Å². The third-order valence-corrected chi connectivity index (χ3v) is 5.35. The number of carbonyl (C=O) groups is 8. The first kappa shape index (κ1) is 32.7. The number of aliphatic hydroxyl groups excluding tert-OH is 1. The largest absolute Gasteiger partial charge is 0.480 e. The Morgan fingerprint density at radius 2 is 1.33 bits per heavy atom. The summed E-state index contributed by atoms with van der Waals surface area (Å²) in [5, 5.41) is 31.8. The average Bonchev–Trinajstić information content (AvgIpc) is 3.40. The normalized spacial score (nSPS) is 15.8. The Morgan fingerprint density at radius 3 is 1.87 bits per heavy atom. The highest BCUT2D eigenvalue weighted by Gasteiger charge is 2.36. The van der Waals surface area contributed by atoms with E-state index in [1.165, 1.54) is 11.8 Å². The minimum Gasteiger partial charge on any atom is -0.480 e. The maximum Gasteiger partial charge on any atom is 0.326 e. The molecular weight excluding hydrogens is 524 g/mol. The lowest BCUT2D eigenvalue weighted by Gasteiger charge is -2.25. The first-order valence-corrected chi connectivity index (χ1v) is 11.9. The third kappa shape index (κ3) is 11.7. The molecule has 0 aromatic carbocycles. The van der Waals surface area contributed by atoms with E-state index in [0.29, 0.717) is 12.8 Å². The standard InChI is InChI=1S/C21H34N8O10/c1-11(20(37)29-4-2-3-13(29)21(38)39)27-17(34)9-26-19(36)12(10-30)28-18(35)8-25-16(33)7-24-15(32)6-23-14(31)5-22/h11-13,30H,2-10,22H2,1H3,(H,23,31)(H,24,32)(H,25,33)(H,26,36)(H,27,34)(H,28,35)(H,38,39). The smallest absolute Gasteiger partial charge is 0.326 e. The fourth-order valence-corrected chi connectivity index (χ4v) is 3.35. The number of hydrogen-bond donors (Lipinski definition) is 9. The van der Waals surface area contributed by atoms with Crippen LogP contribution in [0.3, 0.4) is 0 Å². The molecule has 18 nitrogen and oxygen atoms in total. The van der Waals surface area contributed by atoms with Crippen LogP contribution >= 0.6 is 0 Å². The van der Waals surface area contributed by atoms with Gasteiger partial charge in [0.25, 0.3) is 0 Å². The maximum absolute atomic E-state index is 12.5. The number of carboxylic acids is 1. The molecule has 0 bridgehead atoms. The van der Waals surface area contributed by atoms with Gasteiger partial charge in [0, 0.05) is 6.54 Å².